The number of hydrogen-bond acceptors (Lipinski definition) is 2. The molecule has 1 aliphatic rings. The first-order valence-electron chi connectivity index (χ1n) is 6.28. The lowest BCUT2D eigenvalue weighted by Crippen LogP contribution is -2.03. The molecule has 1 aromatic carbocycles. The lowest BCUT2D eigenvalue weighted by atomic mass is 10.0. The molecule has 1 N–H and O–H groups in total. The fraction of sp³-hybridized carbons (Fsp3) is 0.125. The zero-order valence-electron chi connectivity index (χ0n) is 10.6. The molecule has 0 amide bonds. The highest BCUT2D eigenvalue weighted by Crippen LogP contribution is 2.28. The Labute approximate surface area is 115 Å². The van der Waals surface area contributed by atoms with Crippen LogP contribution in [0.2, 0.25) is 0 Å². The Morgan fingerprint density at radius 1 is 1.25 bits per heavy atom. The van der Waals surface area contributed by atoms with Gasteiger partial charge in [-0.3, -0.25) is 4.98 Å². The van der Waals surface area contributed by atoms with Crippen molar-refractivity contribution in [3.63, 3.8) is 0 Å². The highest BCUT2D eigenvalue weighted by atomic mass is 19.1. The zero-order chi connectivity index (χ0) is 14.1. The van der Waals surface area contributed by atoms with Crippen molar-refractivity contribution in [2.75, 3.05) is 0 Å². The van der Waals surface area contributed by atoms with Gasteiger partial charge in [0.25, 0.3) is 0 Å². The largest absolute Gasteiger partial charge is 0.478 e. The van der Waals surface area contributed by atoms with Crippen LogP contribution in [0, 0.1) is 5.82 Å². The molecular weight excluding hydrogens is 257 g/mol. The fourth-order valence-electron chi connectivity index (χ4n) is 2.47. The van der Waals surface area contributed by atoms with Crippen molar-refractivity contribution in [1.82, 2.24) is 4.98 Å². The van der Waals surface area contributed by atoms with E-state index in [1.807, 2.05) is 6.08 Å². The standard InChI is InChI=1S/C16H12FNO2/c17-12-3-1-10(2-4-12)7-11-8-14-13(16(19)20)5-6-18-15(14)9-11/h1-6,9H,7-8H2,(H,19,20). The number of hydrogen-bond donors (Lipinski definition) is 1. The van der Waals surface area contributed by atoms with Gasteiger partial charge in [-0.1, -0.05) is 17.7 Å². The number of fused-ring (bicyclic) bond motifs is 1. The van der Waals surface area contributed by atoms with Crippen LogP contribution in [0.1, 0.15) is 27.2 Å². The lowest BCUT2D eigenvalue weighted by Gasteiger charge is -2.04. The molecule has 100 valence electrons. The second-order valence-corrected chi connectivity index (χ2v) is 4.81. The molecule has 0 spiro atoms. The second kappa shape index (κ2) is 4.89. The van der Waals surface area contributed by atoms with Crippen molar-refractivity contribution < 1.29 is 14.3 Å². The van der Waals surface area contributed by atoms with Gasteiger partial charge in [-0.05, 0) is 48.2 Å². The van der Waals surface area contributed by atoms with Gasteiger partial charge in [0.05, 0.1) is 11.3 Å². The summed E-state index contributed by atoms with van der Waals surface area (Å²) in [6.07, 6.45) is 4.70. The smallest absolute Gasteiger partial charge is 0.336 e. The molecule has 0 saturated carbocycles. The third-order valence-electron chi connectivity index (χ3n) is 3.41. The van der Waals surface area contributed by atoms with Gasteiger partial charge >= 0.3 is 5.97 Å². The molecule has 0 aliphatic heterocycles. The molecule has 4 heteroatoms. The maximum Gasteiger partial charge on any atom is 0.336 e. The lowest BCUT2D eigenvalue weighted by molar-refractivity contribution is 0.0695. The van der Waals surface area contributed by atoms with E-state index >= 15 is 0 Å². The van der Waals surface area contributed by atoms with E-state index in [-0.39, 0.29) is 5.82 Å². The normalized spacial score (nSPS) is 12.9. The number of nitrogens with zero attached hydrogens (tertiary/aromatic N) is 1. The van der Waals surface area contributed by atoms with Gasteiger partial charge in [0.2, 0.25) is 0 Å². The van der Waals surface area contributed by atoms with E-state index in [1.165, 1.54) is 24.4 Å². The second-order valence-electron chi connectivity index (χ2n) is 4.81. The molecule has 1 aliphatic carbocycles. The van der Waals surface area contributed by atoms with Crippen molar-refractivity contribution >= 4 is 12.0 Å². The van der Waals surface area contributed by atoms with Crippen molar-refractivity contribution in [2.24, 2.45) is 0 Å². The van der Waals surface area contributed by atoms with Crippen LogP contribution in [0.15, 0.2) is 42.1 Å². The highest BCUT2D eigenvalue weighted by Gasteiger charge is 2.20. The van der Waals surface area contributed by atoms with Gasteiger partial charge in [-0.2, -0.15) is 0 Å². The summed E-state index contributed by atoms with van der Waals surface area (Å²) in [4.78, 5) is 15.4. The molecule has 0 bridgehead atoms. The van der Waals surface area contributed by atoms with Crippen LogP contribution in [-0.2, 0) is 12.8 Å². The van der Waals surface area contributed by atoms with Gasteiger partial charge in [-0.25, -0.2) is 9.18 Å². The van der Waals surface area contributed by atoms with E-state index in [4.69, 9.17) is 5.11 Å². The molecule has 1 heterocycles. The number of benzene rings is 1. The van der Waals surface area contributed by atoms with Gasteiger partial charge in [0, 0.05) is 6.20 Å². The Kier molecular flexibility index (Phi) is 3.06. The molecule has 0 radical (unpaired) electrons. The quantitative estimate of drug-likeness (QED) is 0.931. The third kappa shape index (κ3) is 2.32. The minimum atomic E-state index is -0.930. The van der Waals surface area contributed by atoms with Gasteiger partial charge in [0.15, 0.2) is 0 Å². The molecule has 0 atom stereocenters. The minimum absolute atomic E-state index is 0.257. The Bertz CT molecular complexity index is 705. The summed E-state index contributed by atoms with van der Waals surface area (Å²) in [7, 11) is 0. The summed E-state index contributed by atoms with van der Waals surface area (Å²) in [6, 6.07) is 7.86. The van der Waals surface area contributed by atoms with Crippen molar-refractivity contribution in [3.8, 4) is 0 Å². The number of halogens is 1. The third-order valence-corrected chi connectivity index (χ3v) is 3.41. The van der Waals surface area contributed by atoms with Gasteiger partial charge in [0.1, 0.15) is 5.82 Å². The molecule has 0 unspecified atom stereocenters. The van der Waals surface area contributed by atoms with Crippen LogP contribution < -0.4 is 0 Å². The van der Waals surface area contributed by atoms with Crippen LogP contribution in [0.5, 0.6) is 0 Å². The van der Waals surface area contributed by atoms with E-state index in [1.54, 1.807) is 12.1 Å². The number of carbonyl (C=O) groups is 1. The molecule has 0 fully saturated rings. The number of pyridine rings is 1. The van der Waals surface area contributed by atoms with Crippen molar-refractivity contribution in [3.05, 3.63) is 70.3 Å². The topological polar surface area (TPSA) is 50.2 Å². The summed E-state index contributed by atoms with van der Waals surface area (Å²) in [5.41, 5.74) is 3.88. The van der Waals surface area contributed by atoms with E-state index in [9.17, 15) is 9.18 Å². The number of carboxylic acid groups (broad SMARTS) is 1. The minimum Gasteiger partial charge on any atom is -0.478 e. The Hall–Kier alpha value is -2.49. The van der Waals surface area contributed by atoms with Gasteiger partial charge < -0.3 is 5.11 Å². The first-order chi connectivity index (χ1) is 9.63. The van der Waals surface area contributed by atoms with Crippen molar-refractivity contribution in [2.45, 2.75) is 12.8 Å². The molecule has 0 saturated heterocycles. The first-order valence-corrected chi connectivity index (χ1v) is 6.28. The number of aromatic nitrogens is 1. The summed E-state index contributed by atoms with van der Waals surface area (Å²) in [5, 5.41) is 9.16. The predicted molar refractivity (Wildman–Crippen MR) is 73.0 cm³/mol. The predicted octanol–water partition coefficient (Wildman–Crippen LogP) is 3.10. The molecular formula is C16H12FNO2. The zero-order valence-corrected chi connectivity index (χ0v) is 10.6. The number of rotatable bonds is 3. The molecule has 3 nitrogen and oxygen atoms in total. The van der Waals surface area contributed by atoms with Crippen LogP contribution in [0.3, 0.4) is 0 Å². The monoisotopic (exact) mass is 269 g/mol. The molecule has 1 aromatic heterocycles. The van der Waals surface area contributed by atoms with Crippen LogP contribution in [0.4, 0.5) is 4.39 Å². The Morgan fingerprint density at radius 2 is 2.00 bits per heavy atom. The summed E-state index contributed by atoms with van der Waals surface area (Å²) in [6.45, 7) is 0. The maximum absolute atomic E-state index is 12.9. The molecule has 3 rings (SSSR count). The summed E-state index contributed by atoms with van der Waals surface area (Å²) in [5.74, 6) is -1.19. The van der Waals surface area contributed by atoms with Crippen LogP contribution >= 0.6 is 0 Å². The maximum atomic E-state index is 12.9. The average Bonchev–Trinajstić information content (AvgIpc) is 2.83. The molecule has 20 heavy (non-hydrogen) atoms. The van der Waals surface area contributed by atoms with Crippen LogP contribution in [-0.4, -0.2) is 16.1 Å². The SMILES string of the molecule is O=C(O)c1ccnc2c1CC(Cc1ccc(F)cc1)=C2. The summed E-state index contributed by atoms with van der Waals surface area (Å²) >= 11 is 0. The van der Waals surface area contributed by atoms with E-state index in [0.29, 0.717) is 18.4 Å². The fourth-order valence-corrected chi connectivity index (χ4v) is 2.47. The van der Waals surface area contributed by atoms with Crippen LogP contribution in [0.25, 0.3) is 6.08 Å². The van der Waals surface area contributed by atoms with Gasteiger partial charge in [-0.15, -0.1) is 0 Å². The average molecular weight is 269 g/mol. The number of aromatic carboxylic acids is 1. The van der Waals surface area contributed by atoms with E-state index in [2.05, 4.69) is 4.98 Å². The molecule has 2 aromatic rings. The first kappa shape index (κ1) is 12.5. The number of allylic oxidation sites excluding steroid dienone is 1. The Balaban J connectivity index is 1.84. The highest BCUT2D eigenvalue weighted by molar-refractivity contribution is 5.91. The van der Waals surface area contributed by atoms with E-state index < -0.39 is 5.97 Å². The number of carboxylic acids is 1. The van der Waals surface area contributed by atoms with E-state index in [0.717, 1.165) is 22.4 Å². The summed E-state index contributed by atoms with van der Waals surface area (Å²) < 4.78 is 12.9. The van der Waals surface area contributed by atoms with Crippen molar-refractivity contribution in [1.29, 1.82) is 0 Å². The Morgan fingerprint density at radius 3 is 2.70 bits per heavy atom.